The molecule has 0 amide bonds. The summed E-state index contributed by atoms with van der Waals surface area (Å²) in [6.45, 7) is 5.91. The highest BCUT2D eigenvalue weighted by Crippen LogP contribution is 2.40. The Bertz CT molecular complexity index is 704. The van der Waals surface area contributed by atoms with Gasteiger partial charge < -0.3 is 9.47 Å². The molecule has 2 aromatic rings. The average molecular weight is 470 g/mol. The van der Waals surface area contributed by atoms with Gasteiger partial charge in [-0.25, -0.2) is 0 Å². The summed E-state index contributed by atoms with van der Waals surface area (Å²) in [6.07, 6.45) is 9.52. The first-order chi connectivity index (χ1) is 13.7. The van der Waals surface area contributed by atoms with Crippen LogP contribution in [0.3, 0.4) is 0 Å². The number of fused-ring (bicyclic) bond motifs is 1. The maximum absolute atomic E-state index is 6.61. The molecule has 2 aromatic carbocycles. The molecule has 0 bridgehead atoms. The first-order valence-electron chi connectivity index (χ1n) is 10.7. The van der Waals surface area contributed by atoms with E-state index in [4.69, 9.17) is 21.1 Å². The van der Waals surface area contributed by atoms with Gasteiger partial charge in [0.25, 0.3) is 0 Å². The van der Waals surface area contributed by atoms with Crippen molar-refractivity contribution in [3.8, 4) is 11.5 Å². The predicted octanol–water partition coefficient (Wildman–Crippen LogP) is 8.42. The minimum atomic E-state index is 0.574. The topological polar surface area (TPSA) is 18.5 Å². The van der Waals surface area contributed by atoms with Gasteiger partial charge in [0.1, 0.15) is 11.5 Å². The smallest absolute Gasteiger partial charge is 0.145 e. The van der Waals surface area contributed by atoms with Gasteiger partial charge in [-0.15, -0.1) is 0 Å². The lowest BCUT2D eigenvalue weighted by atomic mass is 10.0. The summed E-state index contributed by atoms with van der Waals surface area (Å²) in [5.74, 6) is 2.22. The zero-order valence-corrected chi connectivity index (χ0v) is 19.7. The molecule has 0 saturated carbocycles. The lowest BCUT2D eigenvalue weighted by Crippen LogP contribution is -2.12. The number of rotatable bonds is 14. The first kappa shape index (κ1) is 23.3. The van der Waals surface area contributed by atoms with Crippen LogP contribution in [0.4, 0.5) is 0 Å². The summed E-state index contributed by atoms with van der Waals surface area (Å²) in [4.78, 5) is 0. The van der Waals surface area contributed by atoms with Crippen molar-refractivity contribution >= 4 is 38.3 Å². The third-order valence-electron chi connectivity index (χ3n) is 5.20. The van der Waals surface area contributed by atoms with Crippen LogP contribution in [0.1, 0.15) is 65.2 Å². The number of unbranched alkanes of at least 4 members (excludes halogenated alkanes) is 4. The number of benzene rings is 2. The van der Waals surface area contributed by atoms with E-state index in [2.05, 4.69) is 41.9 Å². The maximum Gasteiger partial charge on any atom is 0.145 e. The third-order valence-corrected chi connectivity index (χ3v) is 6.05. The van der Waals surface area contributed by atoms with Crippen LogP contribution in [-0.4, -0.2) is 18.5 Å². The quantitative estimate of drug-likeness (QED) is 0.204. The van der Waals surface area contributed by atoms with Crippen molar-refractivity contribution in [2.24, 2.45) is 5.92 Å². The normalized spacial score (nSPS) is 12.3. The molecule has 0 saturated heterocycles. The van der Waals surface area contributed by atoms with Crippen LogP contribution in [0.25, 0.3) is 10.8 Å². The van der Waals surface area contributed by atoms with Gasteiger partial charge in [0.15, 0.2) is 0 Å². The van der Waals surface area contributed by atoms with Crippen LogP contribution >= 0.6 is 27.5 Å². The Balaban J connectivity index is 2.08. The highest BCUT2D eigenvalue weighted by atomic mass is 79.9. The lowest BCUT2D eigenvalue weighted by Gasteiger charge is -2.19. The molecule has 0 aliphatic rings. The maximum atomic E-state index is 6.61. The Kier molecular flexibility index (Phi) is 11.1. The highest BCUT2D eigenvalue weighted by Gasteiger charge is 2.15. The van der Waals surface area contributed by atoms with Crippen LogP contribution in [0, 0.1) is 5.92 Å². The van der Waals surface area contributed by atoms with Crippen molar-refractivity contribution < 1.29 is 9.47 Å². The third kappa shape index (κ3) is 7.15. The number of alkyl halides is 1. The molecule has 2 nitrogen and oxygen atoms in total. The van der Waals surface area contributed by atoms with E-state index < -0.39 is 0 Å². The molecular weight excluding hydrogens is 436 g/mol. The van der Waals surface area contributed by atoms with Crippen molar-refractivity contribution in [2.75, 3.05) is 18.5 Å². The molecule has 0 aliphatic carbocycles. The molecule has 0 radical (unpaired) electrons. The Hall–Kier alpha value is -0.930. The first-order valence-corrected chi connectivity index (χ1v) is 12.2. The lowest BCUT2D eigenvalue weighted by molar-refractivity contribution is 0.235. The molecule has 0 fully saturated rings. The fourth-order valence-corrected chi connectivity index (χ4v) is 4.03. The standard InChI is InChI=1S/C24H34BrClO2/c1-3-5-12-19(4-2)18-28-24-21-14-9-8-13-20(21)23(17-22(24)26)27-16-11-7-6-10-15-25/h8-9,13-14,17,19H,3-7,10-12,15-16,18H2,1-2H3. The number of halogens is 2. The van der Waals surface area contributed by atoms with E-state index in [-0.39, 0.29) is 0 Å². The molecular formula is C24H34BrClO2. The van der Waals surface area contributed by atoms with E-state index in [1.807, 2.05) is 18.2 Å². The monoisotopic (exact) mass is 468 g/mol. The molecule has 28 heavy (non-hydrogen) atoms. The number of hydrogen-bond donors (Lipinski definition) is 0. The second kappa shape index (κ2) is 13.3. The van der Waals surface area contributed by atoms with Gasteiger partial charge >= 0.3 is 0 Å². The summed E-state index contributed by atoms with van der Waals surface area (Å²) in [5, 5.41) is 3.82. The zero-order chi connectivity index (χ0) is 20.2. The van der Waals surface area contributed by atoms with E-state index in [0.717, 1.165) is 47.1 Å². The molecule has 1 unspecified atom stereocenters. The number of hydrogen-bond acceptors (Lipinski definition) is 2. The minimum absolute atomic E-state index is 0.574. The van der Waals surface area contributed by atoms with Gasteiger partial charge in [-0.2, -0.15) is 0 Å². The average Bonchev–Trinajstić information content (AvgIpc) is 2.72. The van der Waals surface area contributed by atoms with Crippen molar-refractivity contribution in [2.45, 2.75) is 65.2 Å². The highest BCUT2D eigenvalue weighted by molar-refractivity contribution is 9.09. The van der Waals surface area contributed by atoms with Gasteiger partial charge in [0, 0.05) is 22.2 Å². The van der Waals surface area contributed by atoms with E-state index in [0.29, 0.717) is 17.5 Å². The molecule has 0 spiro atoms. The summed E-state index contributed by atoms with van der Waals surface area (Å²) < 4.78 is 12.3. The fraction of sp³-hybridized carbons (Fsp3) is 0.583. The largest absolute Gasteiger partial charge is 0.493 e. The van der Waals surface area contributed by atoms with Crippen molar-refractivity contribution in [1.82, 2.24) is 0 Å². The van der Waals surface area contributed by atoms with E-state index in [9.17, 15) is 0 Å². The summed E-state index contributed by atoms with van der Waals surface area (Å²) in [6, 6.07) is 10.2. The van der Waals surface area contributed by atoms with Crippen molar-refractivity contribution in [3.05, 3.63) is 35.4 Å². The van der Waals surface area contributed by atoms with Crippen LogP contribution < -0.4 is 9.47 Å². The van der Waals surface area contributed by atoms with Gasteiger partial charge in [0.2, 0.25) is 0 Å². The molecule has 0 aromatic heterocycles. The molecule has 0 heterocycles. The van der Waals surface area contributed by atoms with E-state index in [1.165, 1.54) is 38.5 Å². The van der Waals surface area contributed by atoms with Crippen LogP contribution in [0.2, 0.25) is 5.02 Å². The molecule has 2 rings (SSSR count). The van der Waals surface area contributed by atoms with Gasteiger partial charge in [-0.1, -0.05) is 97.7 Å². The Morgan fingerprint density at radius 1 is 0.964 bits per heavy atom. The Morgan fingerprint density at radius 3 is 2.43 bits per heavy atom. The molecule has 0 N–H and O–H groups in total. The van der Waals surface area contributed by atoms with Crippen LogP contribution in [0.5, 0.6) is 11.5 Å². The van der Waals surface area contributed by atoms with Crippen LogP contribution in [0.15, 0.2) is 30.3 Å². The van der Waals surface area contributed by atoms with Crippen molar-refractivity contribution in [3.63, 3.8) is 0 Å². The van der Waals surface area contributed by atoms with Gasteiger partial charge in [0.05, 0.1) is 18.2 Å². The fourth-order valence-electron chi connectivity index (χ4n) is 3.38. The molecule has 0 aliphatic heterocycles. The Labute approximate surface area is 184 Å². The zero-order valence-electron chi connectivity index (χ0n) is 17.3. The Morgan fingerprint density at radius 2 is 1.71 bits per heavy atom. The van der Waals surface area contributed by atoms with E-state index in [1.54, 1.807) is 0 Å². The second-order valence-corrected chi connectivity index (χ2v) is 8.61. The number of ether oxygens (including phenoxy) is 2. The van der Waals surface area contributed by atoms with Crippen LogP contribution in [-0.2, 0) is 0 Å². The summed E-state index contributed by atoms with van der Waals surface area (Å²) in [7, 11) is 0. The van der Waals surface area contributed by atoms with Crippen molar-refractivity contribution in [1.29, 1.82) is 0 Å². The predicted molar refractivity (Wildman–Crippen MR) is 126 cm³/mol. The SMILES string of the molecule is CCCCC(CC)COc1c(Cl)cc(OCCCCCCBr)c2ccccc12. The minimum Gasteiger partial charge on any atom is -0.493 e. The molecule has 1 atom stereocenters. The summed E-state index contributed by atoms with van der Waals surface area (Å²) >= 11 is 10.1. The summed E-state index contributed by atoms with van der Waals surface area (Å²) in [5.41, 5.74) is 0. The molecule has 4 heteroatoms. The second-order valence-electron chi connectivity index (χ2n) is 7.41. The van der Waals surface area contributed by atoms with Gasteiger partial charge in [-0.3, -0.25) is 0 Å². The van der Waals surface area contributed by atoms with Gasteiger partial charge in [-0.05, 0) is 25.2 Å². The van der Waals surface area contributed by atoms with E-state index >= 15 is 0 Å². The molecule has 156 valence electrons.